The van der Waals surface area contributed by atoms with Crippen LogP contribution in [0.1, 0.15) is 0 Å². The molecule has 0 atom stereocenters. The quantitative estimate of drug-likeness (QED) is 0.249. The Morgan fingerprint density at radius 3 is 2.38 bits per heavy atom. The van der Waals surface area contributed by atoms with Gasteiger partial charge in [-0.05, 0) is 6.58 Å². The molecule has 0 aromatic rings. The Balaban J connectivity index is 3.88. The highest BCUT2D eigenvalue weighted by atomic mass is 35.6. The molecule has 0 radical (unpaired) electrons. The maximum absolute atomic E-state index is 10.8. The smallest absolute Gasteiger partial charge is 0.373 e. The summed E-state index contributed by atoms with van der Waals surface area (Å²) in [5, 5.41) is 0. The van der Waals surface area contributed by atoms with Gasteiger partial charge in [-0.2, -0.15) is 0 Å². The Hall–Kier alpha value is -0.450. The van der Waals surface area contributed by atoms with Crippen LogP contribution in [0.3, 0.4) is 0 Å². The van der Waals surface area contributed by atoms with Crippen LogP contribution in [-0.2, 0) is 19.1 Å². The fourth-order valence-corrected chi connectivity index (χ4v) is 0.498. The summed E-state index contributed by atoms with van der Waals surface area (Å²) in [6.07, 6.45) is 0. The lowest BCUT2D eigenvalue weighted by Crippen LogP contribution is -2.18. The van der Waals surface area contributed by atoms with Crippen molar-refractivity contribution < 1.29 is 19.1 Å². The molecule has 0 N–H and O–H groups in total. The van der Waals surface area contributed by atoms with Gasteiger partial charge in [0, 0.05) is 0 Å². The van der Waals surface area contributed by atoms with E-state index in [1.807, 2.05) is 0 Å². The average Bonchev–Trinajstić information content (AvgIpc) is 1.99. The van der Waals surface area contributed by atoms with Gasteiger partial charge in [-0.25, -0.2) is 4.79 Å². The Kier molecular flexibility index (Phi) is 5.13. The molecule has 4 nitrogen and oxygen atoms in total. The molecule has 0 aromatic carbocycles. The first-order chi connectivity index (χ1) is 5.87. The number of halogens is 3. The third-order valence-electron chi connectivity index (χ3n) is 0.785. The molecular formula is C6H5Cl3O4. The van der Waals surface area contributed by atoms with Crippen molar-refractivity contribution in [2.45, 2.75) is 3.79 Å². The third kappa shape index (κ3) is 6.69. The van der Waals surface area contributed by atoms with E-state index >= 15 is 0 Å². The summed E-state index contributed by atoms with van der Waals surface area (Å²) >= 11 is 15.8. The number of hydrogen-bond donors (Lipinski definition) is 0. The molecule has 13 heavy (non-hydrogen) atoms. The second-order valence-electron chi connectivity index (χ2n) is 1.83. The lowest BCUT2D eigenvalue weighted by Gasteiger charge is -2.10. The summed E-state index contributed by atoms with van der Waals surface area (Å²) < 4.78 is 6.80. The van der Waals surface area contributed by atoms with Crippen LogP contribution < -0.4 is 0 Å². The van der Waals surface area contributed by atoms with E-state index < -0.39 is 22.1 Å². The van der Waals surface area contributed by atoms with Gasteiger partial charge in [0.05, 0.1) is 0 Å². The van der Waals surface area contributed by atoms with Gasteiger partial charge < -0.3 is 9.47 Å². The number of carbonyl (C=O) groups is 2. The lowest BCUT2D eigenvalue weighted by atomic mass is 10.6. The zero-order valence-electron chi connectivity index (χ0n) is 6.26. The second-order valence-corrected chi connectivity index (χ2v) is 4.34. The molecule has 74 valence electrons. The summed E-state index contributed by atoms with van der Waals surface area (Å²) in [6.45, 7) is 2.68. The van der Waals surface area contributed by atoms with E-state index in [0.29, 0.717) is 0 Å². The standard InChI is InChI=1S/C6H5Cl3O4/c1-4(13-3-10)5(11)12-2-6(7,8)9/h3H,1-2H2. The summed E-state index contributed by atoms with van der Waals surface area (Å²) in [4.78, 5) is 20.5. The molecule has 0 unspecified atom stereocenters. The van der Waals surface area contributed by atoms with Gasteiger partial charge >= 0.3 is 5.97 Å². The highest BCUT2D eigenvalue weighted by Gasteiger charge is 2.23. The molecule has 0 spiro atoms. The van der Waals surface area contributed by atoms with Crippen molar-refractivity contribution in [3.63, 3.8) is 0 Å². The van der Waals surface area contributed by atoms with Crippen molar-refractivity contribution >= 4 is 47.2 Å². The normalized spacial score (nSPS) is 10.4. The van der Waals surface area contributed by atoms with Gasteiger partial charge in [0.2, 0.25) is 9.55 Å². The van der Waals surface area contributed by atoms with Crippen LogP contribution >= 0.6 is 34.8 Å². The van der Waals surface area contributed by atoms with Crippen molar-refractivity contribution in [3.05, 3.63) is 12.3 Å². The molecule has 0 bridgehead atoms. The highest BCUT2D eigenvalue weighted by molar-refractivity contribution is 6.67. The number of hydrogen-bond acceptors (Lipinski definition) is 4. The molecule has 0 saturated heterocycles. The van der Waals surface area contributed by atoms with Crippen LogP contribution in [-0.4, -0.2) is 22.8 Å². The highest BCUT2D eigenvalue weighted by Crippen LogP contribution is 2.26. The fourth-order valence-electron chi connectivity index (χ4n) is 0.334. The van der Waals surface area contributed by atoms with Crippen molar-refractivity contribution in [1.29, 1.82) is 0 Å². The number of rotatable bonds is 4. The molecule has 0 rings (SSSR count). The van der Waals surface area contributed by atoms with Gasteiger partial charge in [0.1, 0.15) is 6.61 Å². The Bertz CT molecular complexity index is 220. The van der Waals surface area contributed by atoms with Crippen LogP contribution in [0.25, 0.3) is 0 Å². The number of alkyl halides is 3. The van der Waals surface area contributed by atoms with E-state index in [1.54, 1.807) is 0 Å². The first-order valence-corrected chi connectivity index (χ1v) is 4.03. The lowest BCUT2D eigenvalue weighted by molar-refractivity contribution is -0.146. The first-order valence-electron chi connectivity index (χ1n) is 2.90. The molecule has 0 fully saturated rings. The zero-order valence-corrected chi connectivity index (χ0v) is 8.53. The minimum atomic E-state index is -1.70. The van der Waals surface area contributed by atoms with Crippen LogP contribution in [0.15, 0.2) is 12.3 Å². The topological polar surface area (TPSA) is 52.6 Å². The van der Waals surface area contributed by atoms with E-state index in [9.17, 15) is 9.59 Å². The zero-order chi connectivity index (χ0) is 10.5. The predicted octanol–water partition coefficient (Wildman–Crippen LogP) is 1.59. The van der Waals surface area contributed by atoms with Crippen molar-refractivity contribution in [3.8, 4) is 0 Å². The van der Waals surface area contributed by atoms with Crippen molar-refractivity contribution in [2.24, 2.45) is 0 Å². The molecule has 0 saturated carbocycles. The Labute approximate surface area is 89.3 Å². The van der Waals surface area contributed by atoms with Gasteiger partial charge in [0.15, 0.2) is 0 Å². The molecule has 0 heterocycles. The predicted molar refractivity (Wildman–Crippen MR) is 47.5 cm³/mol. The van der Waals surface area contributed by atoms with E-state index in [4.69, 9.17) is 34.8 Å². The maximum atomic E-state index is 10.8. The molecule has 7 heteroatoms. The van der Waals surface area contributed by atoms with Crippen LogP contribution in [0.5, 0.6) is 0 Å². The molecule has 0 amide bonds. The molecular weight excluding hydrogens is 242 g/mol. The summed E-state index contributed by atoms with van der Waals surface area (Å²) in [7, 11) is 0. The van der Waals surface area contributed by atoms with Gasteiger partial charge in [0.25, 0.3) is 6.47 Å². The maximum Gasteiger partial charge on any atom is 0.373 e. The number of carbonyl (C=O) groups excluding carboxylic acids is 2. The van der Waals surface area contributed by atoms with E-state index in [0.717, 1.165) is 0 Å². The fraction of sp³-hybridized carbons (Fsp3) is 0.333. The molecule has 0 aliphatic rings. The summed E-state index contributed by atoms with van der Waals surface area (Å²) in [6, 6.07) is 0. The van der Waals surface area contributed by atoms with Crippen LogP contribution in [0.2, 0.25) is 0 Å². The van der Waals surface area contributed by atoms with Crippen molar-refractivity contribution in [2.75, 3.05) is 6.61 Å². The number of esters is 1. The number of ether oxygens (including phenoxy) is 2. The van der Waals surface area contributed by atoms with Gasteiger partial charge in [-0.15, -0.1) is 0 Å². The Morgan fingerprint density at radius 2 is 2.00 bits per heavy atom. The van der Waals surface area contributed by atoms with Crippen LogP contribution in [0.4, 0.5) is 0 Å². The summed E-state index contributed by atoms with van der Waals surface area (Å²) in [5.41, 5.74) is 0. The van der Waals surface area contributed by atoms with E-state index in [2.05, 4.69) is 16.1 Å². The van der Waals surface area contributed by atoms with E-state index in [-0.39, 0.29) is 6.47 Å². The van der Waals surface area contributed by atoms with Gasteiger partial charge in [-0.3, -0.25) is 4.79 Å². The van der Waals surface area contributed by atoms with Crippen molar-refractivity contribution in [1.82, 2.24) is 0 Å². The summed E-state index contributed by atoms with van der Waals surface area (Å²) in [5.74, 6) is -1.43. The molecule has 0 aliphatic heterocycles. The largest absolute Gasteiger partial charge is 0.455 e. The second kappa shape index (κ2) is 5.32. The molecule has 0 aromatic heterocycles. The minimum Gasteiger partial charge on any atom is -0.455 e. The van der Waals surface area contributed by atoms with E-state index in [1.165, 1.54) is 0 Å². The third-order valence-corrected chi connectivity index (χ3v) is 1.11. The Morgan fingerprint density at radius 1 is 1.46 bits per heavy atom. The first kappa shape index (κ1) is 12.6. The van der Waals surface area contributed by atoms with Crippen LogP contribution in [0, 0.1) is 0 Å². The minimum absolute atomic E-state index is 0.0406. The SMILES string of the molecule is C=C(OC=O)C(=O)OCC(Cl)(Cl)Cl. The average molecular weight is 247 g/mol. The van der Waals surface area contributed by atoms with Gasteiger partial charge in [-0.1, -0.05) is 34.8 Å². The molecule has 0 aliphatic carbocycles. The monoisotopic (exact) mass is 246 g/mol.